The number of ether oxygens (including phenoxy) is 1. The number of amides is 2. The highest BCUT2D eigenvalue weighted by Crippen LogP contribution is 2.51. The van der Waals surface area contributed by atoms with E-state index in [1.165, 1.54) is 42.7 Å². The normalized spacial score (nSPS) is 25.7. The van der Waals surface area contributed by atoms with Crippen LogP contribution in [0.3, 0.4) is 0 Å². The number of anilines is 1. The number of benzene rings is 2. The third-order valence-electron chi connectivity index (χ3n) is 6.66. The number of aromatic hydroxyl groups is 1. The molecule has 8 nitrogen and oxygen atoms in total. The summed E-state index contributed by atoms with van der Waals surface area (Å²) in [6.45, 7) is 1.70. The van der Waals surface area contributed by atoms with Crippen LogP contribution in [0.4, 0.5) is 10.1 Å². The maximum Gasteiger partial charge on any atom is 0.327 e. The van der Waals surface area contributed by atoms with Crippen LogP contribution in [0.25, 0.3) is 0 Å². The van der Waals surface area contributed by atoms with Crippen molar-refractivity contribution in [2.75, 3.05) is 11.5 Å². The first-order chi connectivity index (χ1) is 16.9. The van der Waals surface area contributed by atoms with E-state index in [-0.39, 0.29) is 24.5 Å². The number of phenols is 1. The van der Waals surface area contributed by atoms with Crippen LogP contribution in [0.15, 0.2) is 71.3 Å². The number of para-hydroxylation sites is 1. The summed E-state index contributed by atoms with van der Waals surface area (Å²) in [6, 6.07) is 14.2. The molecule has 2 aliphatic heterocycles. The fourth-order valence-corrected chi connectivity index (χ4v) is 5.20. The van der Waals surface area contributed by atoms with Gasteiger partial charge in [-0.3, -0.25) is 19.7 Å². The Labute approximate surface area is 200 Å². The first kappa shape index (κ1) is 22.8. The summed E-state index contributed by atoms with van der Waals surface area (Å²) in [4.78, 5) is 41.9. The minimum Gasteiger partial charge on any atom is -0.508 e. The number of imide groups is 1. The van der Waals surface area contributed by atoms with Crippen LogP contribution < -0.4 is 10.2 Å². The molecule has 1 aromatic heterocycles. The van der Waals surface area contributed by atoms with Gasteiger partial charge in [-0.1, -0.05) is 24.3 Å². The van der Waals surface area contributed by atoms with Gasteiger partial charge >= 0.3 is 5.97 Å². The number of halogens is 1. The van der Waals surface area contributed by atoms with Crippen molar-refractivity contribution in [2.45, 2.75) is 24.9 Å². The van der Waals surface area contributed by atoms with E-state index in [0.717, 1.165) is 4.90 Å². The van der Waals surface area contributed by atoms with E-state index in [0.29, 0.717) is 11.3 Å². The monoisotopic (exact) mass is 478 g/mol. The van der Waals surface area contributed by atoms with E-state index in [1.807, 2.05) is 0 Å². The van der Waals surface area contributed by atoms with Gasteiger partial charge in [0.05, 0.1) is 36.4 Å². The number of fused-ring (bicyclic) bond motifs is 1. The second-order valence-corrected chi connectivity index (χ2v) is 8.64. The molecular weight excluding hydrogens is 455 g/mol. The average molecular weight is 478 g/mol. The molecule has 0 unspecified atom stereocenters. The van der Waals surface area contributed by atoms with Gasteiger partial charge in [-0.25, -0.2) is 9.29 Å². The summed E-state index contributed by atoms with van der Waals surface area (Å²) in [5.74, 6) is -4.55. The summed E-state index contributed by atoms with van der Waals surface area (Å²) >= 11 is 0. The van der Waals surface area contributed by atoms with Gasteiger partial charge in [-0.15, -0.1) is 0 Å². The zero-order chi connectivity index (χ0) is 24.7. The molecule has 0 radical (unpaired) electrons. The second kappa shape index (κ2) is 8.66. The third kappa shape index (κ3) is 3.59. The number of rotatable bonds is 6. The molecule has 0 spiro atoms. The number of phenolic OH excluding ortho intramolecular Hbond substituents is 1. The highest BCUT2D eigenvalue weighted by molar-refractivity contribution is 6.24. The Hall–Kier alpha value is -3.98. The predicted molar refractivity (Wildman–Crippen MR) is 122 cm³/mol. The first-order valence-corrected chi connectivity index (χ1v) is 11.3. The van der Waals surface area contributed by atoms with Crippen molar-refractivity contribution < 1.29 is 33.0 Å². The molecule has 0 saturated carbocycles. The maximum absolute atomic E-state index is 14.7. The summed E-state index contributed by atoms with van der Waals surface area (Å²) in [5.41, 5.74) is -1.17. The van der Waals surface area contributed by atoms with Crippen LogP contribution in [0.5, 0.6) is 5.75 Å². The molecule has 0 aliphatic carbocycles. The van der Waals surface area contributed by atoms with Crippen molar-refractivity contribution in [1.82, 2.24) is 5.32 Å². The molecular formula is C26H23FN2O6. The Bertz CT molecular complexity index is 1280. The largest absolute Gasteiger partial charge is 0.508 e. The quantitative estimate of drug-likeness (QED) is 0.414. The van der Waals surface area contributed by atoms with Gasteiger partial charge in [0, 0.05) is 6.42 Å². The maximum atomic E-state index is 14.7. The molecule has 4 atom stereocenters. The molecule has 9 heteroatoms. The molecule has 2 amide bonds. The lowest BCUT2D eigenvalue weighted by Gasteiger charge is -2.33. The number of hydrogen-bond acceptors (Lipinski definition) is 7. The van der Waals surface area contributed by atoms with Gasteiger partial charge in [0.15, 0.2) is 0 Å². The highest BCUT2D eigenvalue weighted by atomic mass is 19.1. The summed E-state index contributed by atoms with van der Waals surface area (Å²) in [6.07, 6.45) is 1.43. The molecule has 3 aromatic rings. The standard InChI is InChI=1S/C26H23FN2O6/c1-2-34-25(33)26(14-15-9-11-16(30)12-10-15)21-20(22(28-26)19-8-5-13-35-19)23(31)29(24(21)32)18-7-4-3-6-17(18)27/h3-13,20-22,28,30H,2,14H2,1H3/t20-,21-,22+,26+/m0/s1. The zero-order valence-corrected chi connectivity index (χ0v) is 18.8. The molecule has 2 N–H and O–H groups in total. The van der Waals surface area contributed by atoms with Crippen molar-refractivity contribution in [1.29, 1.82) is 0 Å². The number of hydrogen-bond donors (Lipinski definition) is 2. The summed E-state index contributed by atoms with van der Waals surface area (Å²) < 4.78 is 25.7. The molecule has 0 bridgehead atoms. The minimum atomic E-state index is -1.64. The number of nitrogens with one attached hydrogen (secondary N) is 1. The molecule has 35 heavy (non-hydrogen) atoms. The van der Waals surface area contributed by atoms with Gasteiger partial charge in [0.25, 0.3) is 0 Å². The fourth-order valence-electron chi connectivity index (χ4n) is 5.20. The number of carbonyl (C=O) groups excluding carboxylic acids is 3. The molecule has 5 rings (SSSR count). The minimum absolute atomic E-state index is 0.00534. The van der Waals surface area contributed by atoms with Crippen LogP contribution in [-0.2, 0) is 25.5 Å². The number of carbonyl (C=O) groups is 3. The van der Waals surface area contributed by atoms with E-state index >= 15 is 0 Å². The second-order valence-electron chi connectivity index (χ2n) is 8.64. The van der Waals surface area contributed by atoms with E-state index in [9.17, 15) is 23.9 Å². The van der Waals surface area contributed by atoms with Gasteiger partial charge in [-0.05, 0) is 48.9 Å². The van der Waals surface area contributed by atoms with Crippen LogP contribution in [0, 0.1) is 17.7 Å². The van der Waals surface area contributed by atoms with Crippen LogP contribution in [0.1, 0.15) is 24.3 Å². The lowest BCUT2D eigenvalue weighted by atomic mass is 9.76. The number of esters is 1. The zero-order valence-electron chi connectivity index (χ0n) is 18.8. The average Bonchev–Trinajstić information content (AvgIpc) is 3.54. The number of furan rings is 1. The van der Waals surface area contributed by atoms with Crippen molar-refractivity contribution in [2.24, 2.45) is 11.8 Å². The smallest absolute Gasteiger partial charge is 0.327 e. The molecule has 180 valence electrons. The van der Waals surface area contributed by atoms with Crippen molar-refractivity contribution in [3.63, 3.8) is 0 Å². The molecule has 2 saturated heterocycles. The summed E-state index contributed by atoms with van der Waals surface area (Å²) in [7, 11) is 0. The Morgan fingerprint density at radius 3 is 2.51 bits per heavy atom. The van der Waals surface area contributed by atoms with Crippen LogP contribution >= 0.6 is 0 Å². The van der Waals surface area contributed by atoms with Crippen LogP contribution in [-0.4, -0.2) is 35.0 Å². The highest BCUT2D eigenvalue weighted by Gasteiger charge is 2.69. The van der Waals surface area contributed by atoms with Crippen LogP contribution in [0.2, 0.25) is 0 Å². The third-order valence-corrected chi connectivity index (χ3v) is 6.66. The SMILES string of the molecule is CCOC(=O)[C@]1(Cc2ccc(O)cc2)N[C@H](c2ccco2)[C@H]2C(=O)N(c3ccccc3F)C(=O)[C@H]21. The van der Waals surface area contributed by atoms with E-state index in [2.05, 4.69) is 5.32 Å². The summed E-state index contributed by atoms with van der Waals surface area (Å²) in [5, 5.41) is 12.9. The lowest BCUT2D eigenvalue weighted by molar-refractivity contribution is -0.154. The van der Waals surface area contributed by atoms with Gasteiger partial charge in [0.2, 0.25) is 11.8 Å². The Morgan fingerprint density at radius 2 is 1.86 bits per heavy atom. The lowest BCUT2D eigenvalue weighted by Crippen LogP contribution is -2.58. The molecule has 2 aliphatic rings. The van der Waals surface area contributed by atoms with Crippen molar-refractivity contribution in [3.8, 4) is 5.75 Å². The fraction of sp³-hybridized carbons (Fsp3) is 0.269. The van der Waals surface area contributed by atoms with Gasteiger partial charge < -0.3 is 14.3 Å². The van der Waals surface area contributed by atoms with Gasteiger partial charge in [-0.2, -0.15) is 0 Å². The van der Waals surface area contributed by atoms with E-state index < -0.39 is 47.0 Å². The van der Waals surface area contributed by atoms with Gasteiger partial charge in [0.1, 0.15) is 22.9 Å². The predicted octanol–water partition coefficient (Wildman–Crippen LogP) is 3.12. The topological polar surface area (TPSA) is 109 Å². The Kier molecular flexibility index (Phi) is 5.64. The Balaban J connectivity index is 1.67. The molecule has 3 heterocycles. The van der Waals surface area contributed by atoms with Crippen molar-refractivity contribution in [3.05, 3.63) is 84.1 Å². The molecule has 2 aromatic carbocycles. The van der Waals surface area contributed by atoms with Crippen molar-refractivity contribution >= 4 is 23.5 Å². The van der Waals surface area contributed by atoms with E-state index in [4.69, 9.17) is 9.15 Å². The van der Waals surface area contributed by atoms with E-state index in [1.54, 1.807) is 31.2 Å². The molecule has 2 fully saturated rings. The number of nitrogens with zero attached hydrogens (tertiary/aromatic N) is 1. The first-order valence-electron chi connectivity index (χ1n) is 11.3. The Morgan fingerprint density at radius 1 is 1.11 bits per heavy atom.